The van der Waals surface area contributed by atoms with Crippen molar-refractivity contribution in [2.24, 2.45) is 0 Å². The van der Waals surface area contributed by atoms with Gasteiger partial charge in [-0.3, -0.25) is 9.88 Å². The van der Waals surface area contributed by atoms with E-state index in [2.05, 4.69) is 36.5 Å². The molecule has 0 spiro atoms. The van der Waals surface area contributed by atoms with E-state index < -0.39 is 0 Å². The molecule has 0 amide bonds. The Morgan fingerprint density at radius 2 is 1.45 bits per heavy atom. The van der Waals surface area contributed by atoms with Gasteiger partial charge >= 0.3 is 0 Å². The van der Waals surface area contributed by atoms with Crippen LogP contribution in [0.15, 0.2) is 60.7 Å². The Morgan fingerprint density at radius 1 is 0.950 bits per heavy atom. The third-order valence-corrected chi connectivity index (χ3v) is 3.98. The fourth-order valence-corrected chi connectivity index (χ4v) is 2.88. The second-order valence-corrected chi connectivity index (χ2v) is 5.67. The second kappa shape index (κ2) is 7.94. The van der Waals surface area contributed by atoms with Gasteiger partial charge in [0.25, 0.3) is 0 Å². The lowest BCUT2D eigenvalue weighted by molar-refractivity contribution is 0.517. The Bertz CT molecular complexity index is 476. The maximum absolute atomic E-state index is 11.3. The molecule has 20 heavy (non-hydrogen) atoms. The van der Waals surface area contributed by atoms with Crippen LogP contribution in [0.1, 0.15) is 36.9 Å². The standard InChI is InChI=1S/C17H20NOP/c1-2-9-16(20-19)18-17(14-10-5-3-6-11-14)15-12-7-4-8-13-15/h3-8,10-13,16-18H,2,9H2,1H3. The number of hydrogen-bond acceptors (Lipinski definition) is 2. The molecule has 0 radical (unpaired) electrons. The second-order valence-electron chi connectivity index (χ2n) is 4.83. The summed E-state index contributed by atoms with van der Waals surface area (Å²) in [5.74, 6) is -0.00888. The molecule has 1 unspecified atom stereocenters. The average molecular weight is 285 g/mol. The van der Waals surface area contributed by atoms with Gasteiger partial charge in [-0.25, -0.2) is 0 Å². The van der Waals surface area contributed by atoms with Crippen LogP contribution < -0.4 is 5.32 Å². The van der Waals surface area contributed by atoms with Gasteiger partial charge in [0.2, 0.25) is 0 Å². The Labute approximate surface area is 122 Å². The Balaban J connectivity index is 2.27. The molecule has 3 heteroatoms. The lowest BCUT2D eigenvalue weighted by Crippen LogP contribution is -2.29. The Hall–Kier alpha value is -1.50. The molecule has 0 saturated carbocycles. The maximum Gasteiger partial charge on any atom is 0.174 e. The molecule has 0 aliphatic carbocycles. The first-order valence-electron chi connectivity index (χ1n) is 7.03. The summed E-state index contributed by atoms with van der Waals surface area (Å²) in [5.41, 5.74) is 2.40. The van der Waals surface area contributed by atoms with Crippen molar-refractivity contribution in [3.63, 3.8) is 0 Å². The van der Waals surface area contributed by atoms with Crippen LogP contribution in [-0.2, 0) is 4.57 Å². The molecule has 2 nitrogen and oxygen atoms in total. The predicted molar refractivity (Wildman–Crippen MR) is 84.2 cm³/mol. The van der Waals surface area contributed by atoms with E-state index in [0.717, 1.165) is 12.8 Å². The fourth-order valence-electron chi connectivity index (χ4n) is 2.31. The summed E-state index contributed by atoms with van der Waals surface area (Å²) in [6.45, 7) is 2.11. The van der Waals surface area contributed by atoms with E-state index in [0.29, 0.717) is 0 Å². The number of nitrogens with one attached hydrogen (secondary N) is 1. The minimum atomic E-state index is -0.00888. The molecular formula is C17H20NOP. The van der Waals surface area contributed by atoms with E-state index in [9.17, 15) is 4.57 Å². The summed E-state index contributed by atoms with van der Waals surface area (Å²) in [6, 6.07) is 20.7. The first-order chi connectivity index (χ1) is 9.85. The summed E-state index contributed by atoms with van der Waals surface area (Å²) in [6.07, 6.45) is 1.92. The molecule has 0 aliphatic rings. The van der Waals surface area contributed by atoms with E-state index in [1.165, 1.54) is 11.1 Å². The molecule has 104 valence electrons. The maximum atomic E-state index is 11.3. The van der Waals surface area contributed by atoms with Gasteiger partial charge in [0.1, 0.15) is 0 Å². The van der Waals surface area contributed by atoms with E-state index in [-0.39, 0.29) is 20.3 Å². The van der Waals surface area contributed by atoms with Crippen molar-refractivity contribution in [3.05, 3.63) is 71.8 Å². The van der Waals surface area contributed by atoms with Gasteiger partial charge in [-0.05, 0) is 17.5 Å². The van der Waals surface area contributed by atoms with Crippen molar-refractivity contribution < 1.29 is 4.57 Å². The van der Waals surface area contributed by atoms with Crippen molar-refractivity contribution in [1.82, 2.24) is 5.32 Å². The molecule has 2 aromatic rings. The fraction of sp³-hybridized carbons (Fsp3) is 0.294. The number of rotatable bonds is 7. The zero-order valence-electron chi connectivity index (χ0n) is 11.7. The molecule has 0 fully saturated rings. The van der Waals surface area contributed by atoms with E-state index in [1.54, 1.807) is 0 Å². The molecule has 0 aromatic heterocycles. The quantitative estimate of drug-likeness (QED) is 0.741. The molecule has 1 N–H and O–H groups in total. The summed E-state index contributed by atoms with van der Waals surface area (Å²) in [4.78, 5) is 0. The highest BCUT2D eigenvalue weighted by Gasteiger charge is 2.18. The van der Waals surface area contributed by atoms with Crippen LogP contribution in [0.4, 0.5) is 0 Å². The summed E-state index contributed by atoms with van der Waals surface area (Å²) in [5, 5.41) is 3.51. The highest BCUT2D eigenvalue weighted by molar-refractivity contribution is 7.24. The van der Waals surface area contributed by atoms with Crippen LogP contribution in [0, 0.1) is 0 Å². The monoisotopic (exact) mass is 285 g/mol. The average Bonchev–Trinajstić information content (AvgIpc) is 2.53. The van der Waals surface area contributed by atoms with Gasteiger partial charge in [-0.2, -0.15) is 0 Å². The minimum absolute atomic E-state index is 0.00888. The number of hydrogen-bond donors (Lipinski definition) is 1. The minimum Gasteiger partial charge on any atom is -0.293 e. The lowest BCUT2D eigenvalue weighted by Gasteiger charge is -2.23. The van der Waals surface area contributed by atoms with Gasteiger partial charge < -0.3 is 0 Å². The molecular weight excluding hydrogens is 265 g/mol. The van der Waals surface area contributed by atoms with Crippen LogP contribution in [0.2, 0.25) is 0 Å². The van der Waals surface area contributed by atoms with Crippen LogP contribution >= 0.6 is 8.46 Å². The topological polar surface area (TPSA) is 29.1 Å². The van der Waals surface area contributed by atoms with Crippen molar-refractivity contribution in [3.8, 4) is 0 Å². The van der Waals surface area contributed by atoms with Gasteiger partial charge in [0, 0.05) is 0 Å². The zero-order valence-corrected chi connectivity index (χ0v) is 12.6. The highest BCUT2D eigenvalue weighted by atomic mass is 31.1. The smallest absolute Gasteiger partial charge is 0.174 e. The van der Waals surface area contributed by atoms with Crippen LogP contribution in [-0.4, -0.2) is 5.78 Å². The largest absolute Gasteiger partial charge is 0.293 e. The lowest BCUT2D eigenvalue weighted by atomic mass is 9.98. The van der Waals surface area contributed by atoms with Crippen LogP contribution in [0.25, 0.3) is 0 Å². The molecule has 0 saturated heterocycles. The molecule has 2 rings (SSSR count). The summed E-state index contributed by atoms with van der Waals surface area (Å²) < 4.78 is 11.3. The molecule has 2 aromatic carbocycles. The van der Waals surface area contributed by atoms with E-state index >= 15 is 0 Å². The van der Waals surface area contributed by atoms with Crippen LogP contribution in [0.5, 0.6) is 0 Å². The Morgan fingerprint density at radius 3 is 1.85 bits per heavy atom. The van der Waals surface area contributed by atoms with Gasteiger partial charge in [-0.15, -0.1) is 0 Å². The highest BCUT2D eigenvalue weighted by Crippen LogP contribution is 2.25. The van der Waals surface area contributed by atoms with Crippen molar-refractivity contribution >= 4 is 8.46 Å². The normalized spacial score (nSPS) is 12.7. The van der Waals surface area contributed by atoms with Crippen molar-refractivity contribution in [2.75, 3.05) is 0 Å². The Kier molecular flexibility index (Phi) is 5.91. The third-order valence-electron chi connectivity index (χ3n) is 3.31. The predicted octanol–water partition coefficient (Wildman–Crippen LogP) is 4.78. The molecule has 0 aliphatic heterocycles. The van der Waals surface area contributed by atoms with E-state index in [4.69, 9.17) is 0 Å². The van der Waals surface area contributed by atoms with Crippen molar-refractivity contribution in [2.45, 2.75) is 31.6 Å². The first kappa shape index (κ1) is 14.9. The number of benzene rings is 2. The summed E-state index contributed by atoms with van der Waals surface area (Å²) in [7, 11) is 0.164. The van der Waals surface area contributed by atoms with E-state index in [1.807, 2.05) is 36.4 Å². The van der Waals surface area contributed by atoms with Gasteiger partial charge in [0.05, 0.1) is 11.8 Å². The molecule has 1 atom stereocenters. The zero-order chi connectivity index (χ0) is 14.2. The first-order valence-corrected chi connectivity index (χ1v) is 7.91. The van der Waals surface area contributed by atoms with Crippen molar-refractivity contribution in [1.29, 1.82) is 0 Å². The van der Waals surface area contributed by atoms with Gasteiger partial charge in [-0.1, -0.05) is 74.0 Å². The molecule has 0 heterocycles. The SMILES string of the molecule is CCCC(NC(c1ccccc1)c1ccccc1)P=O. The van der Waals surface area contributed by atoms with Crippen LogP contribution in [0.3, 0.4) is 0 Å². The third kappa shape index (κ3) is 4.00. The summed E-state index contributed by atoms with van der Waals surface area (Å²) >= 11 is 0. The molecule has 0 bridgehead atoms. The van der Waals surface area contributed by atoms with Gasteiger partial charge in [0.15, 0.2) is 8.46 Å².